The van der Waals surface area contributed by atoms with Gasteiger partial charge < -0.3 is 9.30 Å². The van der Waals surface area contributed by atoms with Gasteiger partial charge in [0.25, 0.3) is 5.56 Å². The Morgan fingerprint density at radius 1 is 1.12 bits per heavy atom. The first-order chi connectivity index (χ1) is 12.5. The van der Waals surface area contributed by atoms with E-state index >= 15 is 0 Å². The molecule has 8 heteroatoms. The molecule has 0 unspecified atom stereocenters. The van der Waals surface area contributed by atoms with Gasteiger partial charge in [0.05, 0.1) is 7.11 Å². The van der Waals surface area contributed by atoms with Gasteiger partial charge >= 0.3 is 5.69 Å². The fourth-order valence-corrected chi connectivity index (χ4v) is 3.65. The summed E-state index contributed by atoms with van der Waals surface area (Å²) in [5.74, 6) is 1.65. The highest BCUT2D eigenvalue weighted by Gasteiger charge is 2.18. The van der Waals surface area contributed by atoms with Gasteiger partial charge in [-0.2, -0.15) is 0 Å². The zero-order valence-electron chi connectivity index (χ0n) is 15.4. The van der Waals surface area contributed by atoms with Crippen molar-refractivity contribution in [1.82, 2.24) is 18.7 Å². The molecule has 0 saturated carbocycles. The number of fused-ring (bicyclic) bond motifs is 1. The molecule has 2 aromatic heterocycles. The lowest BCUT2D eigenvalue weighted by Gasteiger charge is -2.09. The summed E-state index contributed by atoms with van der Waals surface area (Å²) in [6, 6.07) is 7.87. The molecule has 26 heavy (non-hydrogen) atoms. The number of methoxy groups -OCH3 is 1. The zero-order valence-corrected chi connectivity index (χ0v) is 16.2. The summed E-state index contributed by atoms with van der Waals surface area (Å²) in [5.41, 5.74) is 1.37. The van der Waals surface area contributed by atoms with E-state index in [1.54, 1.807) is 25.9 Å². The lowest BCUT2D eigenvalue weighted by atomic mass is 10.1. The summed E-state index contributed by atoms with van der Waals surface area (Å²) in [6.07, 6.45) is 0.749. The van der Waals surface area contributed by atoms with E-state index in [4.69, 9.17) is 4.74 Å². The molecule has 0 N–H and O–H groups in total. The van der Waals surface area contributed by atoms with Gasteiger partial charge in [-0.25, -0.2) is 9.78 Å². The Kier molecular flexibility index (Phi) is 5.22. The first-order valence-electron chi connectivity index (χ1n) is 8.39. The van der Waals surface area contributed by atoms with Crippen LogP contribution in [0.1, 0.15) is 12.5 Å². The normalized spacial score (nSPS) is 11.2. The summed E-state index contributed by atoms with van der Waals surface area (Å²) in [6.45, 7) is 2.65. The predicted molar refractivity (Wildman–Crippen MR) is 103 cm³/mol. The van der Waals surface area contributed by atoms with Crippen molar-refractivity contribution < 1.29 is 4.74 Å². The van der Waals surface area contributed by atoms with Crippen LogP contribution in [0, 0.1) is 0 Å². The third-order valence-electron chi connectivity index (χ3n) is 4.37. The van der Waals surface area contributed by atoms with E-state index < -0.39 is 0 Å². The van der Waals surface area contributed by atoms with Crippen LogP contribution in [0.3, 0.4) is 0 Å². The number of aryl methyl sites for hydroxylation is 3. The minimum absolute atomic E-state index is 0.312. The second-order valence-corrected chi connectivity index (χ2v) is 7.19. The zero-order chi connectivity index (χ0) is 18.8. The molecule has 0 aliphatic carbocycles. The Hall–Kier alpha value is -2.48. The number of hydrogen-bond acceptors (Lipinski definition) is 5. The van der Waals surface area contributed by atoms with E-state index in [0.717, 1.165) is 33.2 Å². The first kappa shape index (κ1) is 18.3. The lowest BCUT2D eigenvalue weighted by molar-refractivity contribution is 0.414. The largest absolute Gasteiger partial charge is 0.497 e. The molecule has 0 radical (unpaired) electrons. The Labute approximate surface area is 155 Å². The number of rotatable bonds is 6. The molecule has 2 heterocycles. The maximum Gasteiger partial charge on any atom is 0.332 e. The average Bonchev–Trinajstić information content (AvgIpc) is 3.02. The van der Waals surface area contributed by atoms with Gasteiger partial charge in [0, 0.05) is 20.6 Å². The smallest absolute Gasteiger partial charge is 0.332 e. The molecule has 0 aliphatic rings. The summed E-state index contributed by atoms with van der Waals surface area (Å²) in [4.78, 5) is 29.4. The fraction of sp³-hybridized carbons (Fsp3) is 0.389. The topological polar surface area (TPSA) is 71.0 Å². The van der Waals surface area contributed by atoms with Crippen LogP contribution in [0.4, 0.5) is 0 Å². The maximum atomic E-state index is 12.7. The van der Waals surface area contributed by atoms with E-state index in [1.807, 2.05) is 35.8 Å². The Morgan fingerprint density at radius 2 is 1.81 bits per heavy atom. The molecule has 3 rings (SSSR count). The minimum atomic E-state index is -0.365. The first-order valence-corrected chi connectivity index (χ1v) is 9.38. The molecule has 0 aliphatic heterocycles. The number of ether oxygens (including phenoxy) is 1. The number of imidazole rings is 1. The van der Waals surface area contributed by atoms with Crippen LogP contribution in [0.15, 0.2) is 39.0 Å². The van der Waals surface area contributed by atoms with Gasteiger partial charge in [-0.3, -0.25) is 13.9 Å². The number of thioether (sulfide) groups is 1. The van der Waals surface area contributed by atoms with Crippen LogP contribution < -0.4 is 16.0 Å². The van der Waals surface area contributed by atoms with Gasteiger partial charge in [0.2, 0.25) is 0 Å². The summed E-state index contributed by atoms with van der Waals surface area (Å²) < 4.78 is 9.68. The van der Waals surface area contributed by atoms with Crippen LogP contribution in [0.2, 0.25) is 0 Å². The average molecular weight is 374 g/mol. The number of benzene rings is 1. The molecular formula is C18H22N4O3S. The van der Waals surface area contributed by atoms with E-state index in [0.29, 0.717) is 17.7 Å². The van der Waals surface area contributed by atoms with Crippen molar-refractivity contribution in [3.8, 4) is 5.75 Å². The monoisotopic (exact) mass is 374 g/mol. The molecule has 0 saturated heterocycles. The van der Waals surface area contributed by atoms with Crippen molar-refractivity contribution >= 4 is 22.9 Å². The number of nitrogens with zero attached hydrogens (tertiary/aromatic N) is 4. The van der Waals surface area contributed by atoms with Crippen molar-refractivity contribution in [2.45, 2.75) is 25.0 Å². The SMILES string of the molecule is CCSc1nc2c(c(=O)n(C)c(=O)n2C)n1CCc1ccc(OC)cc1. The Balaban J connectivity index is 2.06. The Bertz CT molecular complexity index is 1050. The molecule has 1 aromatic carbocycles. The molecular weight excluding hydrogens is 352 g/mol. The molecule has 0 bridgehead atoms. The van der Waals surface area contributed by atoms with Crippen LogP contribution in [0.5, 0.6) is 5.75 Å². The lowest BCUT2D eigenvalue weighted by Crippen LogP contribution is -2.37. The highest BCUT2D eigenvalue weighted by atomic mass is 32.2. The second-order valence-electron chi connectivity index (χ2n) is 5.96. The van der Waals surface area contributed by atoms with E-state index in [2.05, 4.69) is 4.98 Å². The molecule has 138 valence electrons. The van der Waals surface area contributed by atoms with Crippen LogP contribution in [-0.4, -0.2) is 31.5 Å². The summed E-state index contributed by atoms with van der Waals surface area (Å²) >= 11 is 1.57. The quantitative estimate of drug-likeness (QED) is 0.615. The molecule has 0 amide bonds. The molecule has 3 aromatic rings. The van der Waals surface area contributed by atoms with Gasteiger partial charge in [-0.1, -0.05) is 30.8 Å². The highest BCUT2D eigenvalue weighted by Crippen LogP contribution is 2.22. The summed E-state index contributed by atoms with van der Waals surface area (Å²) in [5, 5.41) is 0.759. The van der Waals surface area contributed by atoms with E-state index in [1.165, 1.54) is 11.6 Å². The predicted octanol–water partition coefficient (Wildman–Crippen LogP) is 1.80. The van der Waals surface area contributed by atoms with Crippen molar-refractivity contribution in [3.63, 3.8) is 0 Å². The standard InChI is InChI=1S/C18H22N4O3S/c1-5-26-17-19-15-14(16(23)21(3)18(24)20(15)2)22(17)11-10-12-6-8-13(25-4)9-7-12/h6-9H,5,10-11H2,1-4H3. The van der Waals surface area contributed by atoms with Crippen LogP contribution in [0.25, 0.3) is 11.2 Å². The molecule has 0 fully saturated rings. The summed E-state index contributed by atoms with van der Waals surface area (Å²) in [7, 11) is 4.78. The second kappa shape index (κ2) is 7.41. The van der Waals surface area contributed by atoms with Gasteiger partial charge in [-0.15, -0.1) is 0 Å². The maximum absolute atomic E-state index is 12.7. The van der Waals surface area contributed by atoms with E-state index in [-0.39, 0.29) is 11.2 Å². The third-order valence-corrected chi connectivity index (χ3v) is 5.23. The van der Waals surface area contributed by atoms with Crippen molar-refractivity contribution in [1.29, 1.82) is 0 Å². The third kappa shape index (κ3) is 3.16. The van der Waals surface area contributed by atoms with Crippen LogP contribution >= 0.6 is 11.8 Å². The highest BCUT2D eigenvalue weighted by molar-refractivity contribution is 7.99. The minimum Gasteiger partial charge on any atom is -0.497 e. The van der Waals surface area contributed by atoms with Crippen molar-refractivity contribution in [3.05, 3.63) is 50.7 Å². The van der Waals surface area contributed by atoms with Gasteiger partial charge in [0.15, 0.2) is 16.3 Å². The molecule has 7 nitrogen and oxygen atoms in total. The molecule has 0 spiro atoms. The van der Waals surface area contributed by atoms with Crippen molar-refractivity contribution in [2.75, 3.05) is 12.9 Å². The fourth-order valence-electron chi connectivity index (χ4n) is 2.91. The number of hydrogen-bond donors (Lipinski definition) is 0. The van der Waals surface area contributed by atoms with Gasteiger partial charge in [0.1, 0.15) is 5.75 Å². The molecule has 0 atom stereocenters. The number of aromatic nitrogens is 4. The van der Waals surface area contributed by atoms with E-state index in [9.17, 15) is 9.59 Å². The Morgan fingerprint density at radius 3 is 2.42 bits per heavy atom. The van der Waals surface area contributed by atoms with Gasteiger partial charge in [-0.05, 0) is 29.9 Å². The van der Waals surface area contributed by atoms with Crippen LogP contribution in [-0.2, 0) is 27.1 Å². The van der Waals surface area contributed by atoms with Crippen molar-refractivity contribution in [2.24, 2.45) is 14.1 Å².